The maximum Gasteiger partial charge on any atom is 0.257 e. The smallest absolute Gasteiger partial charge is 0.257 e. The summed E-state index contributed by atoms with van der Waals surface area (Å²) in [6.07, 6.45) is 1.67. The molecule has 20 heavy (non-hydrogen) atoms. The van der Waals surface area contributed by atoms with Gasteiger partial charge in [0.05, 0.1) is 12.0 Å². The van der Waals surface area contributed by atoms with Gasteiger partial charge in [-0.3, -0.25) is 9.59 Å². The third-order valence-corrected chi connectivity index (χ3v) is 3.05. The molecule has 0 fully saturated rings. The van der Waals surface area contributed by atoms with Crippen LogP contribution >= 0.6 is 15.9 Å². The van der Waals surface area contributed by atoms with Gasteiger partial charge in [0, 0.05) is 11.9 Å². The number of hydrogen-bond donors (Lipinski definition) is 2. The number of primary amides is 1. The Labute approximate surface area is 124 Å². The zero-order valence-corrected chi connectivity index (χ0v) is 12.1. The van der Waals surface area contributed by atoms with Gasteiger partial charge in [0.15, 0.2) is 0 Å². The van der Waals surface area contributed by atoms with E-state index in [2.05, 4.69) is 26.2 Å². The van der Waals surface area contributed by atoms with Crippen LogP contribution in [-0.4, -0.2) is 16.8 Å². The van der Waals surface area contributed by atoms with Crippen LogP contribution in [0, 0.1) is 0 Å². The van der Waals surface area contributed by atoms with E-state index in [0.29, 0.717) is 15.9 Å². The summed E-state index contributed by atoms with van der Waals surface area (Å²) in [6, 6.07) is 10.3. The van der Waals surface area contributed by atoms with E-state index >= 15 is 0 Å². The lowest BCUT2D eigenvalue weighted by atomic mass is 10.1. The van der Waals surface area contributed by atoms with Crippen LogP contribution in [0.3, 0.4) is 0 Å². The second-order valence-electron chi connectivity index (χ2n) is 4.16. The number of nitrogens with two attached hydrogens (primary N) is 1. The fraction of sp³-hybridized carbons (Fsp3) is 0.0714. The van der Waals surface area contributed by atoms with Crippen LogP contribution in [0.5, 0.6) is 0 Å². The van der Waals surface area contributed by atoms with Crippen molar-refractivity contribution in [2.45, 2.75) is 6.42 Å². The molecule has 0 bridgehead atoms. The SMILES string of the molecule is NC(=O)Cc1ccc(NC(=O)c2ccc(Br)nc2)cc1. The largest absolute Gasteiger partial charge is 0.369 e. The number of nitrogens with zero attached hydrogens (tertiary/aromatic N) is 1. The number of aromatic nitrogens is 1. The summed E-state index contributed by atoms with van der Waals surface area (Å²) in [5.74, 6) is -0.629. The minimum absolute atomic E-state index is 0.185. The molecule has 6 heteroatoms. The molecule has 0 radical (unpaired) electrons. The van der Waals surface area contributed by atoms with E-state index in [1.165, 1.54) is 6.20 Å². The second kappa shape index (κ2) is 6.29. The fourth-order valence-corrected chi connectivity index (χ4v) is 1.86. The number of nitrogens with one attached hydrogen (secondary N) is 1. The summed E-state index contributed by atoms with van der Waals surface area (Å²) in [7, 11) is 0. The Morgan fingerprint density at radius 3 is 2.40 bits per heavy atom. The number of rotatable bonds is 4. The average molecular weight is 334 g/mol. The number of carbonyl (C=O) groups is 2. The number of benzene rings is 1. The van der Waals surface area contributed by atoms with Crippen LogP contribution in [0.1, 0.15) is 15.9 Å². The highest BCUT2D eigenvalue weighted by molar-refractivity contribution is 9.10. The van der Waals surface area contributed by atoms with E-state index in [9.17, 15) is 9.59 Å². The predicted molar refractivity (Wildman–Crippen MR) is 79.2 cm³/mol. The summed E-state index contributed by atoms with van der Waals surface area (Å²) in [4.78, 5) is 26.7. The van der Waals surface area contributed by atoms with E-state index in [1.54, 1.807) is 36.4 Å². The Morgan fingerprint density at radius 2 is 1.85 bits per heavy atom. The molecule has 0 saturated carbocycles. The first-order valence-corrected chi connectivity index (χ1v) is 6.64. The Kier molecular flexibility index (Phi) is 4.47. The summed E-state index contributed by atoms with van der Waals surface area (Å²) in [5.41, 5.74) is 7.03. The molecule has 5 nitrogen and oxygen atoms in total. The molecular formula is C14H12BrN3O2. The maximum atomic E-state index is 11.9. The first-order valence-electron chi connectivity index (χ1n) is 5.85. The summed E-state index contributed by atoms with van der Waals surface area (Å²) >= 11 is 3.21. The van der Waals surface area contributed by atoms with Crippen LogP contribution in [0.25, 0.3) is 0 Å². The third kappa shape index (κ3) is 3.89. The maximum absolute atomic E-state index is 11.9. The molecule has 0 atom stereocenters. The molecule has 2 aromatic rings. The Balaban J connectivity index is 2.04. The monoisotopic (exact) mass is 333 g/mol. The van der Waals surface area contributed by atoms with Crippen molar-refractivity contribution in [1.82, 2.24) is 4.98 Å². The van der Waals surface area contributed by atoms with Crippen LogP contribution in [0.2, 0.25) is 0 Å². The molecule has 2 amide bonds. The van der Waals surface area contributed by atoms with Gasteiger partial charge in [0.1, 0.15) is 4.60 Å². The Hall–Kier alpha value is -2.21. The highest BCUT2D eigenvalue weighted by Gasteiger charge is 2.06. The zero-order chi connectivity index (χ0) is 14.5. The number of carbonyl (C=O) groups excluding carboxylic acids is 2. The number of halogens is 1. The number of anilines is 1. The van der Waals surface area contributed by atoms with Crippen molar-refractivity contribution in [2.24, 2.45) is 5.73 Å². The molecule has 1 heterocycles. The molecule has 0 spiro atoms. The van der Waals surface area contributed by atoms with E-state index in [0.717, 1.165) is 5.56 Å². The van der Waals surface area contributed by atoms with E-state index in [1.807, 2.05) is 0 Å². The van der Waals surface area contributed by atoms with Gasteiger partial charge in [-0.05, 0) is 45.8 Å². The summed E-state index contributed by atoms with van der Waals surface area (Å²) in [6.45, 7) is 0. The molecule has 1 aromatic carbocycles. The van der Waals surface area contributed by atoms with Crippen LogP contribution in [-0.2, 0) is 11.2 Å². The number of hydrogen-bond acceptors (Lipinski definition) is 3. The lowest BCUT2D eigenvalue weighted by Crippen LogP contribution is -2.14. The molecular weight excluding hydrogens is 322 g/mol. The first-order chi connectivity index (χ1) is 9.54. The lowest BCUT2D eigenvalue weighted by molar-refractivity contribution is -0.117. The third-order valence-electron chi connectivity index (χ3n) is 2.58. The van der Waals surface area contributed by atoms with Gasteiger partial charge in [-0.15, -0.1) is 0 Å². The van der Waals surface area contributed by atoms with Crippen molar-refractivity contribution in [3.63, 3.8) is 0 Å². The molecule has 0 aliphatic heterocycles. The van der Waals surface area contributed by atoms with Crippen LogP contribution in [0.4, 0.5) is 5.69 Å². The second-order valence-corrected chi connectivity index (χ2v) is 4.98. The minimum Gasteiger partial charge on any atom is -0.369 e. The lowest BCUT2D eigenvalue weighted by Gasteiger charge is -2.06. The van der Waals surface area contributed by atoms with Gasteiger partial charge in [-0.1, -0.05) is 12.1 Å². The molecule has 102 valence electrons. The van der Waals surface area contributed by atoms with Crippen molar-refractivity contribution < 1.29 is 9.59 Å². The minimum atomic E-state index is -0.386. The van der Waals surface area contributed by atoms with Crippen molar-refractivity contribution in [2.75, 3.05) is 5.32 Å². The normalized spacial score (nSPS) is 10.1. The van der Waals surface area contributed by atoms with Crippen LogP contribution < -0.4 is 11.1 Å². The molecule has 2 rings (SSSR count). The van der Waals surface area contributed by atoms with Gasteiger partial charge < -0.3 is 11.1 Å². The van der Waals surface area contributed by atoms with E-state index in [-0.39, 0.29) is 18.2 Å². The highest BCUT2D eigenvalue weighted by atomic mass is 79.9. The zero-order valence-electron chi connectivity index (χ0n) is 10.5. The van der Waals surface area contributed by atoms with Crippen molar-refractivity contribution in [3.8, 4) is 0 Å². The molecule has 3 N–H and O–H groups in total. The van der Waals surface area contributed by atoms with Crippen molar-refractivity contribution >= 4 is 33.4 Å². The quantitative estimate of drug-likeness (QED) is 0.840. The molecule has 1 aromatic heterocycles. The van der Waals surface area contributed by atoms with Gasteiger partial charge in [-0.2, -0.15) is 0 Å². The van der Waals surface area contributed by atoms with Crippen molar-refractivity contribution in [1.29, 1.82) is 0 Å². The predicted octanol–water partition coefficient (Wildman–Crippen LogP) is 2.12. The van der Waals surface area contributed by atoms with Crippen molar-refractivity contribution in [3.05, 3.63) is 58.3 Å². The molecule has 0 unspecified atom stereocenters. The Morgan fingerprint density at radius 1 is 1.15 bits per heavy atom. The standard InChI is InChI=1S/C14H12BrN3O2/c15-12-6-3-10(8-17-12)14(20)18-11-4-1-9(2-5-11)7-13(16)19/h1-6,8H,7H2,(H2,16,19)(H,18,20). The first kappa shape index (κ1) is 14.2. The Bertz CT molecular complexity index is 624. The number of pyridine rings is 1. The highest BCUT2D eigenvalue weighted by Crippen LogP contribution is 2.12. The van der Waals surface area contributed by atoms with Gasteiger partial charge in [-0.25, -0.2) is 4.98 Å². The number of amides is 2. The summed E-state index contributed by atoms with van der Waals surface area (Å²) < 4.78 is 0.671. The topological polar surface area (TPSA) is 85.1 Å². The van der Waals surface area contributed by atoms with Gasteiger partial charge >= 0.3 is 0 Å². The molecule has 0 aliphatic rings. The van der Waals surface area contributed by atoms with Gasteiger partial charge in [0.25, 0.3) is 5.91 Å². The molecule has 0 saturated heterocycles. The van der Waals surface area contributed by atoms with Crippen LogP contribution in [0.15, 0.2) is 47.2 Å². The average Bonchev–Trinajstić information content (AvgIpc) is 2.41. The fourth-order valence-electron chi connectivity index (χ4n) is 1.62. The van der Waals surface area contributed by atoms with E-state index in [4.69, 9.17) is 5.73 Å². The summed E-state index contributed by atoms with van der Waals surface area (Å²) in [5, 5.41) is 2.75. The van der Waals surface area contributed by atoms with Gasteiger partial charge in [0.2, 0.25) is 5.91 Å². The van der Waals surface area contributed by atoms with E-state index < -0.39 is 0 Å². The molecule has 0 aliphatic carbocycles.